The van der Waals surface area contributed by atoms with Gasteiger partial charge >= 0.3 is 0 Å². The Hall–Kier alpha value is -0.950. The molecule has 0 heterocycles. The van der Waals surface area contributed by atoms with Crippen molar-refractivity contribution in [1.29, 1.82) is 0 Å². The second kappa shape index (κ2) is 9.03. The third kappa shape index (κ3) is 7.94. The number of aryl methyl sites for hydroxylation is 1. The van der Waals surface area contributed by atoms with E-state index in [1.807, 2.05) is 6.92 Å². The Morgan fingerprint density at radius 2 is 1.58 bits per heavy atom. The molecule has 19 heavy (non-hydrogen) atoms. The summed E-state index contributed by atoms with van der Waals surface area (Å²) in [5.74, 6) is 0. The largest absolute Gasteiger partial charge is 0.395 e. The SMILES string of the molecule is CCN(CC)CCO.Cc1ccc(S(=O)(=O)O)cc1. The van der Waals surface area contributed by atoms with Crippen molar-refractivity contribution in [3.8, 4) is 0 Å². The lowest BCUT2D eigenvalue weighted by molar-refractivity contribution is 0.208. The summed E-state index contributed by atoms with van der Waals surface area (Å²) in [6, 6.07) is 5.99. The van der Waals surface area contributed by atoms with E-state index in [9.17, 15) is 8.42 Å². The molecule has 0 fully saturated rings. The fourth-order valence-electron chi connectivity index (χ4n) is 1.39. The fourth-order valence-corrected chi connectivity index (χ4v) is 1.87. The number of aliphatic hydroxyl groups is 1. The van der Waals surface area contributed by atoms with Crippen LogP contribution in [0.25, 0.3) is 0 Å². The smallest absolute Gasteiger partial charge is 0.294 e. The van der Waals surface area contributed by atoms with Crippen LogP contribution in [0.15, 0.2) is 29.2 Å². The molecule has 0 unspecified atom stereocenters. The Bertz CT molecular complexity index is 438. The first-order valence-electron chi connectivity index (χ1n) is 6.22. The maximum absolute atomic E-state index is 10.5. The number of hydrogen-bond donors (Lipinski definition) is 2. The van der Waals surface area contributed by atoms with Crippen LogP contribution in [0, 0.1) is 6.92 Å². The van der Waals surface area contributed by atoms with Crippen molar-refractivity contribution >= 4 is 10.1 Å². The van der Waals surface area contributed by atoms with Crippen LogP contribution in [0.5, 0.6) is 0 Å². The standard InChI is InChI=1S/C7H8O3S.C6H15NO/c1-6-2-4-7(5-3-6)11(8,9)10;1-3-7(4-2)5-6-8/h2-5H,1H3,(H,8,9,10);8H,3-6H2,1-2H3. The molecule has 0 atom stereocenters. The first-order chi connectivity index (χ1) is 8.85. The molecule has 0 aliphatic carbocycles. The van der Waals surface area contributed by atoms with Crippen molar-refractivity contribution in [2.75, 3.05) is 26.2 Å². The molecule has 5 nitrogen and oxygen atoms in total. The van der Waals surface area contributed by atoms with Gasteiger partial charge in [0.05, 0.1) is 11.5 Å². The Balaban J connectivity index is 0.000000362. The number of likely N-dealkylation sites (N-methyl/N-ethyl adjacent to an activating group) is 1. The molecule has 1 aromatic carbocycles. The van der Waals surface area contributed by atoms with E-state index in [2.05, 4.69) is 18.7 Å². The molecule has 6 heteroatoms. The summed E-state index contributed by atoms with van der Waals surface area (Å²) in [6.45, 7) is 9.20. The molecule has 0 aliphatic heterocycles. The second-order valence-electron chi connectivity index (χ2n) is 4.04. The molecule has 0 aliphatic rings. The van der Waals surface area contributed by atoms with E-state index in [0.29, 0.717) is 0 Å². The zero-order valence-electron chi connectivity index (χ0n) is 11.7. The second-order valence-corrected chi connectivity index (χ2v) is 5.46. The summed E-state index contributed by atoms with van der Waals surface area (Å²) in [6.07, 6.45) is 0. The van der Waals surface area contributed by atoms with Gasteiger partial charge in [-0.25, -0.2) is 0 Å². The third-order valence-corrected chi connectivity index (χ3v) is 3.50. The van der Waals surface area contributed by atoms with Gasteiger partial charge in [0.2, 0.25) is 0 Å². The molecule has 0 amide bonds. The van der Waals surface area contributed by atoms with E-state index in [-0.39, 0.29) is 11.5 Å². The Kier molecular flexibility index (Phi) is 8.58. The molecule has 0 saturated carbocycles. The molecule has 0 radical (unpaired) electrons. The predicted octanol–water partition coefficient (Wildman–Crippen LogP) is 1.56. The summed E-state index contributed by atoms with van der Waals surface area (Å²) < 4.78 is 29.6. The monoisotopic (exact) mass is 289 g/mol. The van der Waals surface area contributed by atoms with Crippen LogP contribution in [0.4, 0.5) is 0 Å². The van der Waals surface area contributed by atoms with E-state index in [0.717, 1.165) is 25.2 Å². The lowest BCUT2D eigenvalue weighted by Crippen LogP contribution is -2.25. The van der Waals surface area contributed by atoms with Crippen molar-refractivity contribution < 1.29 is 18.1 Å². The summed E-state index contributed by atoms with van der Waals surface area (Å²) in [5.41, 5.74) is 0.956. The van der Waals surface area contributed by atoms with Gasteiger partial charge in [-0.2, -0.15) is 8.42 Å². The molecule has 1 rings (SSSR count). The summed E-state index contributed by atoms with van der Waals surface area (Å²) in [4.78, 5) is 2.11. The highest BCUT2D eigenvalue weighted by molar-refractivity contribution is 7.85. The lowest BCUT2D eigenvalue weighted by atomic mass is 10.2. The molecule has 0 bridgehead atoms. The molecule has 0 saturated heterocycles. The van der Waals surface area contributed by atoms with Crippen molar-refractivity contribution in [3.63, 3.8) is 0 Å². The van der Waals surface area contributed by atoms with Crippen molar-refractivity contribution in [2.45, 2.75) is 25.7 Å². The van der Waals surface area contributed by atoms with Gasteiger partial charge in [-0.05, 0) is 32.1 Å². The molecule has 0 spiro atoms. The van der Waals surface area contributed by atoms with Gasteiger partial charge in [0.25, 0.3) is 10.1 Å². The van der Waals surface area contributed by atoms with Gasteiger partial charge in [-0.1, -0.05) is 31.5 Å². The number of aliphatic hydroxyl groups excluding tert-OH is 1. The first kappa shape index (κ1) is 18.0. The van der Waals surface area contributed by atoms with Gasteiger partial charge in [0.1, 0.15) is 0 Å². The quantitative estimate of drug-likeness (QED) is 0.804. The van der Waals surface area contributed by atoms with Crippen molar-refractivity contribution in [3.05, 3.63) is 29.8 Å². The molecular weight excluding hydrogens is 266 g/mol. The minimum Gasteiger partial charge on any atom is -0.395 e. The molecule has 110 valence electrons. The highest BCUT2D eigenvalue weighted by Crippen LogP contribution is 2.08. The molecule has 0 aromatic heterocycles. The minimum absolute atomic E-state index is 0.0666. The predicted molar refractivity (Wildman–Crippen MR) is 75.9 cm³/mol. The van der Waals surface area contributed by atoms with Crippen molar-refractivity contribution in [2.24, 2.45) is 0 Å². The van der Waals surface area contributed by atoms with E-state index >= 15 is 0 Å². The van der Waals surface area contributed by atoms with Crippen LogP contribution in [0.2, 0.25) is 0 Å². The van der Waals surface area contributed by atoms with Gasteiger partial charge in [0, 0.05) is 6.54 Å². The Labute approximate surface area is 115 Å². The fraction of sp³-hybridized carbons (Fsp3) is 0.538. The maximum Gasteiger partial charge on any atom is 0.294 e. The van der Waals surface area contributed by atoms with Crippen LogP contribution in [0.1, 0.15) is 19.4 Å². The number of nitrogens with zero attached hydrogens (tertiary/aromatic N) is 1. The highest BCUT2D eigenvalue weighted by Gasteiger charge is 2.06. The normalized spacial score (nSPS) is 11.1. The van der Waals surface area contributed by atoms with Crippen LogP contribution in [-0.2, 0) is 10.1 Å². The maximum atomic E-state index is 10.5. The van der Waals surface area contributed by atoms with E-state index in [1.165, 1.54) is 12.1 Å². The average Bonchev–Trinajstić information content (AvgIpc) is 2.36. The summed E-state index contributed by atoms with van der Waals surface area (Å²) in [5, 5.41) is 8.46. The number of hydrogen-bond acceptors (Lipinski definition) is 4. The van der Waals surface area contributed by atoms with Crippen molar-refractivity contribution in [1.82, 2.24) is 4.90 Å². The van der Waals surface area contributed by atoms with E-state index < -0.39 is 10.1 Å². The van der Waals surface area contributed by atoms with E-state index in [4.69, 9.17) is 9.66 Å². The first-order valence-corrected chi connectivity index (χ1v) is 7.66. The molecule has 1 aromatic rings. The topological polar surface area (TPSA) is 77.8 Å². The number of rotatable bonds is 5. The van der Waals surface area contributed by atoms with Gasteiger partial charge in [0.15, 0.2) is 0 Å². The summed E-state index contributed by atoms with van der Waals surface area (Å²) in [7, 11) is -4.02. The van der Waals surface area contributed by atoms with Crippen LogP contribution < -0.4 is 0 Å². The minimum atomic E-state index is -4.02. The number of benzene rings is 1. The average molecular weight is 289 g/mol. The zero-order valence-corrected chi connectivity index (χ0v) is 12.5. The Morgan fingerprint density at radius 3 is 1.84 bits per heavy atom. The van der Waals surface area contributed by atoms with Gasteiger partial charge in [-0.15, -0.1) is 0 Å². The van der Waals surface area contributed by atoms with E-state index in [1.54, 1.807) is 12.1 Å². The van der Waals surface area contributed by atoms with Crippen LogP contribution in [0.3, 0.4) is 0 Å². The van der Waals surface area contributed by atoms with Crippen LogP contribution in [-0.4, -0.2) is 49.2 Å². The molecular formula is C13H23NO4S. The Morgan fingerprint density at radius 1 is 1.11 bits per heavy atom. The third-order valence-electron chi connectivity index (χ3n) is 2.63. The highest BCUT2D eigenvalue weighted by atomic mass is 32.2. The molecule has 2 N–H and O–H groups in total. The summed E-state index contributed by atoms with van der Waals surface area (Å²) >= 11 is 0. The zero-order chi connectivity index (χ0) is 14.9. The van der Waals surface area contributed by atoms with Gasteiger partial charge < -0.3 is 10.0 Å². The van der Waals surface area contributed by atoms with Crippen LogP contribution >= 0.6 is 0 Å². The lowest BCUT2D eigenvalue weighted by Gasteiger charge is -2.15. The van der Waals surface area contributed by atoms with Gasteiger partial charge in [-0.3, -0.25) is 4.55 Å².